The van der Waals surface area contributed by atoms with Gasteiger partial charge in [-0.15, -0.1) is 0 Å². The number of aliphatic hydroxyl groups is 2. The number of fused-ring (bicyclic) bond motifs is 2. The van der Waals surface area contributed by atoms with Gasteiger partial charge < -0.3 is 38.7 Å². The first-order valence-corrected chi connectivity index (χ1v) is 12.2. The summed E-state index contributed by atoms with van der Waals surface area (Å²) in [7, 11) is 3.20. The average Bonchev–Trinajstić information content (AvgIpc) is 3.61. The number of methoxy groups -OCH3 is 2. The highest BCUT2D eigenvalue weighted by Crippen LogP contribution is 2.32. The first-order chi connectivity index (χ1) is 19.4. The first-order valence-electron chi connectivity index (χ1n) is 12.2. The molecule has 0 aliphatic carbocycles. The van der Waals surface area contributed by atoms with Crippen molar-refractivity contribution in [3.8, 4) is 45.9 Å². The zero-order chi connectivity index (χ0) is 28.2. The number of aliphatic hydroxyl groups excluding tert-OH is 2. The summed E-state index contributed by atoms with van der Waals surface area (Å²) in [6.45, 7) is -0.375. The molecule has 6 aromatic rings. The van der Waals surface area contributed by atoms with Gasteiger partial charge in [0.2, 0.25) is 11.8 Å². The van der Waals surface area contributed by atoms with Gasteiger partial charge >= 0.3 is 0 Å². The van der Waals surface area contributed by atoms with Gasteiger partial charge in [0, 0.05) is 34.4 Å². The highest BCUT2D eigenvalue weighted by molar-refractivity contribution is 5.82. The van der Waals surface area contributed by atoms with Crippen LogP contribution in [0, 0.1) is 0 Å². The van der Waals surface area contributed by atoms with E-state index in [9.17, 15) is 20.4 Å². The van der Waals surface area contributed by atoms with Crippen LogP contribution in [0.5, 0.6) is 23.0 Å². The van der Waals surface area contributed by atoms with Crippen molar-refractivity contribution in [1.29, 1.82) is 0 Å². The van der Waals surface area contributed by atoms with Crippen molar-refractivity contribution in [2.45, 2.75) is 13.2 Å². The van der Waals surface area contributed by atoms with Crippen LogP contribution in [0.2, 0.25) is 0 Å². The van der Waals surface area contributed by atoms with Crippen LogP contribution in [0.25, 0.3) is 45.1 Å². The molecule has 0 radical (unpaired) electrons. The molecule has 0 saturated heterocycles. The lowest BCUT2D eigenvalue weighted by Gasteiger charge is -2.02. The molecule has 2 aromatic heterocycles. The monoisotopic (exact) mass is 542 g/mol. The van der Waals surface area contributed by atoms with E-state index in [0.717, 1.165) is 11.3 Å². The molecule has 204 valence electrons. The van der Waals surface area contributed by atoms with Crippen LogP contribution in [0.15, 0.2) is 81.6 Å². The van der Waals surface area contributed by atoms with Gasteiger partial charge in [-0.3, -0.25) is 0 Å². The van der Waals surface area contributed by atoms with Crippen molar-refractivity contribution < 1.29 is 38.7 Å². The zero-order valence-electron chi connectivity index (χ0n) is 21.7. The summed E-state index contributed by atoms with van der Waals surface area (Å²) in [5.41, 5.74) is 4.83. The fourth-order valence-electron chi connectivity index (χ4n) is 4.10. The van der Waals surface area contributed by atoms with Gasteiger partial charge in [0.15, 0.2) is 11.2 Å². The second-order valence-corrected chi connectivity index (χ2v) is 8.72. The quantitative estimate of drug-likeness (QED) is 0.215. The van der Waals surface area contributed by atoms with E-state index in [4.69, 9.17) is 18.3 Å². The molecule has 0 unspecified atom stereocenters. The molecule has 0 fully saturated rings. The molecular formula is C30H26N2O8. The molecule has 0 spiro atoms. The highest BCUT2D eigenvalue weighted by Gasteiger charge is 2.14. The third-order valence-electron chi connectivity index (χ3n) is 6.12. The Bertz CT molecular complexity index is 1760. The molecule has 10 heteroatoms. The van der Waals surface area contributed by atoms with E-state index < -0.39 is 0 Å². The van der Waals surface area contributed by atoms with Gasteiger partial charge in [-0.05, 0) is 60.7 Å². The van der Waals surface area contributed by atoms with E-state index in [0.29, 0.717) is 56.4 Å². The number of aromatic hydroxyl groups is 2. The molecule has 0 aliphatic heterocycles. The number of nitrogens with zero attached hydrogens (tertiary/aromatic N) is 2. The number of aromatic nitrogens is 2. The predicted molar refractivity (Wildman–Crippen MR) is 147 cm³/mol. The van der Waals surface area contributed by atoms with Crippen LogP contribution < -0.4 is 9.47 Å². The Balaban J connectivity index is 0.000000162. The molecule has 4 N–H and O–H groups in total. The summed E-state index contributed by atoms with van der Waals surface area (Å²) >= 11 is 0. The second kappa shape index (κ2) is 11.4. The molecule has 4 aromatic carbocycles. The molecule has 0 atom stereocenters. The van der Waals surface area contributed by atoms with Crippen molar-refractivity contribution in [2.24, 2.45) is 0 Å². The average molecular weight is 543 g/mol. The number of rotatable bonds is 6. The van der Waals surface area contributed by atoms with E-state index in [2.05, 4.69) is 9.97 Å². The molecule has 10 nitrogen and oxygen atoms in total. The topological polar surface area (TPSA) is 151 Å². The Morgan fingerprint density at radius 2 is 1.10 bits per heavy atom. The minimum atomic E-state index is -0.241. The number of phenolic OH excluding ortho intramolecular Hbond substituents is 2. The summed E-state index contributed by atoms with van der Waals surface area (Å²) in [5.74, 6) is 2.47. The van der Waals surface area contributed by atoms with Crippen LogP contribution in [-0.2, 0) is 13.2 Å². The van der Waals surface area contributed by atoms with Crippen LogP contribution in [-0.4, -0.2) is 44.6 Å². The number of ether oxygens (including phenoxy) is 2. The lowest BCUT2D eigenvalue weighted by Crippen LogP contribution is -1.88. The van der Waals surface area contributed by atoms with Gasteiger partial charge in [0.05, 0.1) is 27.4 Å². The van der Waals surface area contributed by atoms with E-state index in [1.54, 1.807) is 38.5 Å². The summed E-state index contributed by atoms with van der Waals surface area (Å²) in [4.78, 5) is 8.72. The molecule has 0 bridgehead atoms. The fourth-order valence-corrected chi connectivity index (χ4v) is 4.10. The minimum Gasteiger partial charge on any atom is -0.508 e. The largest absolute Gasteiger partial charge is 0.508 e. The number of hydrogen-bond donors (Lipinski definition) is 4. The van der Waals surface area contributed by atoms with E-state index in [1.807, 2.05) is 24.3 Å². The summed E-state index contributed by atoms with van der Waals surface area (Å²) in [6.07, 6.45) is 0. The smallest absolute Gasteiger partial charge is 0.227 e. The zero-order valence-corrected chi connectivity index (χ0v) is 21.7. The number of phenols is 2. The molecule has 0 saturated carbocycles. The minimum absolute atomic E-state index is 0.0297. The van der Waals surface area contributed by atoms with E-state index >= 15 is 0 Å². The summed E-state index contributed by atoms with van der Waals surface area (Å²) in [6, 6.07) is 20.3. The van der Waals surface area contributed by atoms with Crippen molar-refractivity contribution in [3.05, 3.63) is 83.9 Å². The van der Waals surface area contributed by atoms with Crippen molar-refractivity contribution in [2.75, 3.05) is 14.2 Å². The Morgan fingerprint density at radius 1 is 0.600 bits per heavy atom. The van der Waals surface area contributed by atoms with Crippen LogP contribution >= 0.6 is 0 Å². The van der Waals surface area contributed by atoms with Crippen molar-refractivity contribution in [1.82, 2.24) is 9.97 Å². The third-order valence-corrected chi connectivity index (χ3v) is 6.12. The molecule has 40 heavy (non-hydrogen) atoms. The van der Waals surface area contributed by atoms with Crippen molar-refractivity contribution >= 4 is 22.2 Å². The first kappa shape index (κ1) is 26.5. The van der Waals surface area contributed by atoms with E-state index in [1.165, 1.54) is 24.3 Å². The van der Waals surface area contributed by atoms with E-state index in [-0.39, 0.29) is 24.7 Å². The molecule has 0 aliphatic rings. The van der Waals surface area contributed by atoms with Crippen LogP contribution in [0.3, 0.4) is 0 Å². The van der Waals surface area contributed by atoms with Gasteiger partial charge in [0.1, 0.15) is 34.0 Å². The normalized spacial score (nSPS) is 10.9. The van der Waals surface area contributed by atoms with Crippen LogP contribution in [0.4, 0.5) is 0 Å². The number of hydrogen-bond acceptors (Lipinski definition) is 10. The Morgan fingerprint density at radius 3 is 1.62 bits per heavy atom. The maximum Gasteiger partial charge on any atom is 0.227 e. The van der Waals surface area contributed by atoms with Crippen LogP contribution in [0.1, 0.15) is 11.1 Å². The predicted octanol–water partition coefficient (Wildman–Crippen LogP) is 5.40. The Hall–Kier alpha value is -5.06. The number of benzene rings is 4. The summed E-state index contributed by atoms with van der Waals surface area (Å²) in [5, 5.41) is 37.5. The lowest BCUT2D eigenvalue weighted by molar-refractivity contribution is 0.281. The summed E-state index contributed by atoms with van der Waals surface area (Å²) < 4.78 is 21.7. The van der Waals surface area contributed by atoms with Gasteiger partial charge in [-0.25, -0.2) is 9.97 Å². The Kier molecular flexibility index (Phi) is 7.54. The standard InChI is InChI=1S/C16H15NO4.C14H11NO4/c1-19-12-5-3-10(4-6-12)16-17-14-8-13(20-2)7-11(9-18)15(14)21-16;16-7-9-5-11(18)6-12-13(9)19-14(15-12)8-1-3-10(17)4-2-8/h3-8,18H,9H2,1-2H3;1-6,16-18H,7H2. The number of oxazole rings is 2. The highest BCUT2D eigenvalue weighted by atomic mass is 16.5. The maximum atomic E-state index is 9.53. The second-order valence-electron chi connectivity index (χ2n) is 8.72. The Labute approximate surface area is 228 Å². The van der Waals surface area contributed by atoms with Gasteiger partial charge in [-0.1, -0.05) is 0 Å². The van der Waals surface area contributed by atoms with Gasteiger partial charge in [0.25, 0.3) is 0 Å². The SMILES string of the molecule is COc1ccc(-c2nc3cc(OC)cc(CO)c3o2)cc1.OCc1cc(O)cc2nc(-c3ccc(O)cc3)oc12. The molecule has 0 amide bonds. The van der Waals surface area contributed by atoms with Gasteiger partial charge in [-0.2, -0.15) is 0 Å². The molecule has 2 heterocycles. The molecule has 6 rings (SSSR count). The lowest BCUT2D eigenvalue weighted by atomic mass is 10.2. The maximum absolute atomic E-state index is 9.53. The molecular weight excluding hydrogens is 516 g/mol. The third kappa shape index (κ3) is 5.39. The van der Waals surface area contributed by atoms with Crippen molar-refractivity contribution in [3.63, 3.8) is 0 Å². The fraction of sp³-hybridized carbons (Fsp3) is 0.133.